The van der Waals surface area contributed by atoms with Crippen molar-refractivity contribution in [1.82, 2.24) is 0 Å². The smallest absolute Gasteiger partial charge is 0.306 e. The van der Waals surface area contributed by atoms with Crippen molar-refractivity contribution >= 4 is 17.9 Å². The summed E-state index contributed by atoms with van der Waals surface area (Å²) in [5.74, 6) is -0.887. The van der Waals surface area contributed by atoms with E-state index in [0.29, 0.717) is 19.3 Å². The van der Waals surface area contributed by atoms with Crippen LogP contribution in [0.25, 0.3) is 0 Å². The van der Waals surface area contributed by atoms with Gasteiger partial charge in [0.25, 0.3) is 0 Å². The summed E-state index contributed by atoms with van der Waals surface area (Å²) in [5.41, 5.74) is 0. The molecular weight excluding hydrogens is 937 g/mol. The van der Waals surface area contributed by atoms with Crippen molar-refractivity contribution in [3.63, 3.8) is 0 Å². The maximum Gasteiger partial charge on any atom is 0.306 e. The maximum atomic E-state index is 12.9. The van der Waals surface area contributed by atoms with Gasteiger partial charge < -0.3 is 14.2 Å². The minimum absolute atomic E-state index is 0.0818. The van der Waals surface area contributed by atoms with Gasteiger partial charge in [0, 0.05) is 19.3 Å². The van der Waals surface area contributed by atoms with Gasteiger partial charge in [-0.05, 0) is 89.9 Å². The van der Waals surface area contributed by atoms with Gasteiger partial charge >= 0.3 is 17.9 Å². The van der Waals surface area contributed by atoms with Crippen molar-refractivity contribution in [2.45, 2.75) is 329 Å². The fraction of sp³-hybridized carbons (Fsp3) is 0.757. The first-order chi connectivity index (χ1) is 37.5. The molecule has 76 heavy (non-hydrogen) atoms. The fourth-order valence-electron chi connectivity index (χ4n) is 9.33. The zero-order valence-corrected chi connectivity index (χ0v) is 50.3. The third kappa shape index (κ3) is 61.4. The number of carbonyl (C=O) groups is 3. The number of esters is 3. The normalized spacial score (nSPS) is 12.6. The highest BCUT2D eigenvalue weighted by molar-refractivity contribution is 5.71. The van der Waals surface area contributed by atoms with Crippen LogP contribution in [0.3, 0.4) is 0 Å². The summed E-state index contributed by atoms with van der Waals surface area (Å²) in [4.78, 5) is 38.4. The molecular formula is C70H122O6. The molecule has 1 atom stereocenters. The summed E-state index contributed by atoms with van der Waals surface area (Å²) in [6.45, 7) is 6.44. The molecule has 0 aliphatic heterocycles. The molecule has 0 spiro atoms. The van der Waals surface area contributed by atoms with Crippen molar-refractivity contribution in [1.29, 1.82) is 0 Å². The lowest BCUT2D eigenvalue weighted by Gasteiger charge is -2.18. The first-order valence-corrected chi connectivity index (χ1v) is 32.6. The largest absolute Gasteiger partial charge is 0.462 e. The predicted octanol–water partition coefficient (Wildman–Crippen LogP) is 22.3. The fourth-order valence-corrected chi connectivity index (χ4v) is 9.33. The number of rotatable bonds is 59. The minimum Gasteiger partial charge on any atom is -0.462 e. The van der Waals surface area contributed by atoms with Crippen LogP contribution in [-0.2, 0) is 28.6 Å². The lowest BCUT2D eigenvalue weighted by Crippen LogP contribution is -2.30. The second-order valence-electron chi connectivity index (χ2n) is 21.6. The number of unbranched alkanes of at least 4 members (excludes halogenated alkanes) is 34. The van der Waals surface area contributed by atoms with Crippen LogP contribution in [0.5, 0.6) is 0 Å². The number of allylic oxidation sites excluding steroid dienone is 14. The minimum atomic E-state index is -0.785. The lowest BCUT2D eigenvalue weighted by atomic mass is 10.0. The van der Waals surface area contributed by atoms with Crippen LogP contribution in [0.1, 0.15) is 323 Å². The Morgan fingerprint density at radius 3 is 0.803 bits per heavy atom. The predicted molar refractivity (Wildman–Crippen MR) is 330 cm³/mol. The highest BCUT2D eigenvalue weighted by Gasteiger charge is 2.19. The molecule has 0 aromatic rings. The Morgan fingerprint density at radius 1 is 0.276 bits per heavy atom. The summed E-state index contributed by atoms with van der Waals surface area (Å²) in [7, 11) is 0. The van der Waals surface area contributed by atoms with Gasteiger partial charge in [-0.1, -0.05) is 298 Å². The van der Waals surface area contributed by atoms with E-state index < -0.39 is 6.10 Å². The Kier molecular flexibility index (Phi) is 61.2. The van der Waals surface area contributed by atoms with Crippen LogP contribution in [0.2, 0.25) is 0 Å². The topological polar surface area (TPSA) is 78.9 Å². The van der Waals surface area contributed by atoms with Gasteiger partial charge in [0.05, 0.1) is 0 Å². The van der Waals surface area contributed by atoms with Gasteiger partial charge in [-0.15, -0.1) is 0 Å². The first kappa shape index (κ1) is 72.6. The van der Waals surface area contributed by atoms with E-state index in [2.05, 4.69) is 106 Å². The molecule has 0 aliphatic carbocycles. The van der Waals surface area contributed by atoms with Gasteiger partial charge in [0.2, 0.25) is 0 Å². The second kappa shape index (κ2) is 64.1. The molecule has 0 saturated heterocycles. The molecule has 0 amide bonds. The molecule has 6 nitrogen and oxygen atoms in total. The van der Waals surface area contributed by atoms with Crippen LogP contribution in [0.4, 0.5) is 0 Å². The molecule has 0 aromatic carbocycles. The van der Waals surface area contributed by atoms with Gasteiger partial charge in [-0.3, -0.25) is 14.4 Å². The summed E-state index contributed by atoms with van der Waals surface area (Å²) < 4.78 is 16.9. The molecule has 0 saturated carbocycles. The molecule has 438 valence electrons. The third-order valence-electron chi connectivity index (χ3n) is 14.1. The Labute approximate surface area is 471 Å². The van der Waals surface area contributed by atoms with Gasteiger partial charge in [0.1, 0.15) is 13.2 Å². The van der Waals surface area contributed by atoms with Crippen molar-refractivity contribution in [3.8, 4) is 0 Å². The molecule has 0 bridgehead atoms. The van der Waals surface area contributed by atoms with Gasteiger partial charge in [0.15, 0.2) is 6.10 Å². The van der Waals surface area contributed by atoms with E-state index in [1.54, 1.807) is 0 Å². The average Bonchev–Trinajstić information content (AvgIpc) is 3.42. The number of ether oxygens (including phenoxy) is 3. The molecule has 0 aromatic heterocycles. The molecule has 1 unspecified atom stereocenters. The molecule has 0 heterocycles. The summed E-state index contributed by atoms with van der Waals surface area (Å²) in [5, 5.41) is 0. The Hall–Kier alpha value is -3.41. The van der Waals surface area contributed by atoms with Crippen molar-refractivity contribution < 1.29 is 28.6 Å². The molecule has 0 rings (SSSR count). The highest BCUT2D eigenvalue weighted by Crippen LogP contribution is 2.17. The maximum absolute atomic E-state index is 12.9. The molecule has 0 fully saturated rings. The van der Waals surface area contributed by atoms with Crippen molar-refractivity contribution in [3.05, 3.63) is 85.1 Å². The molecule has 0 radical (unpaired) electrons. The summed E-state index contributed by atoms with van der Waals surface area (Å²) >= 11 is 0. The third-order valence-corrected chi connectivity index (χ3v) is 14.1. The van der Waals surface area contributed by atoms with E-state index in [-0.39, 0.29) is 31.1 Å². The van der Waals surface area contributed by atoms with Crippen LogP contribution >= 0.6 is 0 Å². The standard InChI is InChI=1S/C70H122O6/c1-4-7-10-13-16-19-22-25-28-30-32-34-35-36-38-39-42-45-48-51-54-57-60-63-69(72)75-66-67(65-74-68(71)62-59-56-53-50-47-44-41-27-24-21-18-15-12-9-6-3)76-70(73)64-61-58-55-52-49-46-43-40-37-33-31-29-26-23-20-17-14-11-8-5-2/h7,9-10,12,16,18-19,21,25,27-28,32,34,41,67H,4-6,8,11,13-15,17,20,22-24,26,29-31,33,35-40,42-66H2,1-3H3/b10-7-,12-9-,19-16-,21-18-,28-25-,34-32-,41-27-. The molecule has 0 N–H and O–H groups in total. The van der Waals surface area contributed by atoms with Crippen LogP contribution < -0.4 is 0 Å². The quantitative estimate of drug-likeness (QED) is 0.0261. The number of carbonyl (C=O) groups excluding carboxylic acids is 3. The van der Waals surface area contributed by atoms with Gasteiger partial charge in [-0.2, -0.15) is 0 Å². The van der Waals surface area contributed by atoms with Crippen LogP contribution in [-0.4, -0.2) is 37.2 Å². The average molecular weight is 1060 g/mol. The monoisotopic (exact) mass is 1060 g/mol. The van der Waals surface area contributed by atoms with E-state index >= 15 is 0 Å². The summed E-state index contributed by atoms with van der Waals surface area (Å²) in [6.07, 6.45) is 84.5. The van der Waals surface area contributed by atoms with E-state index in [4.69, 9.17) is 14.2 Å². The Bertz CT molecular complexity index is 1450. The molecule has 6 heteroatoms. The highest BCUT2D eigenvalue weighted by atomic mass is 16.6. The molecule has 0 aliphatic rings. The Morgan fingerprint density at radius 2 is 0.513 bits per heavy atom. The van der Waals surface area contributed by atoms with Crippen LogP contribution in [0.15, 0.2) is 85.1 Å². The Balaban J connectivity index is 4.35. The van der Waals surface area contributed by atoms with Crippen molar-refractivity contribution in [2.24, 2.45) is 0 Å². The zero-order chi connectivity index (χ0) is 55.0. The van der Waals surface area contributed by atoms with Crippen LogP contribution in [0, 0.1) is 0 Å². The SMILES string of the molecule is CC/C=C\C/C=C\C/C=C\C/C=C\CCCCCCCCCCCCC(=O)OCC(COC(=O)CCCCCCC/C=C\C/C=C\C/C=C\CC)OC(=O)CCCCCCCCCCCCCCCCCCCCCC. The second-order valence-corrected chi connectivity index (χ2v) is 21.6. The van der Waals surface area contributed by atoms with E-state index in [9.17, 15) is 14.4 Å². The first-order valence-electron chi connectivity index (χ1n) is 32.6. The van der Waals surface area contributed by atoms with Gasteiger partial charge in [-0.25, -0.2) is 0 Å². The van der Waals surface area contributed by atoms with Crippen molar-refractivity contribution in [2.75, 3.05) is 13.2 Å². The summed E-state index contributed by atoms with van der Waals surface area (Å²) in [6, 6.07) is 0. The number of hydrogen-bond donors (Lipinski definition) is 0. The van der Waals surface area contributed by atoms with E-state index in [1.807, 2.05) is 0 Å². The number of hydrogen-bond acceptors (Lipinski definition) is 6. The van der Waals surface area contributed by atoms with E-state index in [0.717, 1.165) is 122 Å². The lowest BCUT2D eigenvalue weighted by molar-refractivity contribution is -0.167. The van der Waals surface area contributed by atoms with E-state index in [1.165, 1.54) is 161 Å². The zero-order valence-electron chi connectivity index (χ0n) is 50.3.